The maximum absolute atomic E-state index is 13.2. The van der Waals surface area contributed by atoms with Crippen LogP contribution in [0, 0.1) is 0 Å². The van der Waals surface area contributed by atoms with Crippen molar-refractivity contribution in [3.05, 3.63) is 34.9 Å². The Labute approximate surface area is 91.7 Å². The third kappa shape index (κ3) is 2.11. The van der Waals surface area contributed by atoms with Gasteiger partial charge in [0.25, 0.3) is 0 Å². The Kier molecular flexibility index (Phi) is 3.31. The van der Waals surface area contributed by atoms with Crippen molar-refractivity contribution < 1.29 is 14.3 Å². The topological polar surface area (TPSA) is 63.3 Å². The number of aliphatic carboxylic acids is 1. The fourth-order valence-electron chi connectivity index (χ4n) is 1.25. The zero-order valence-electron chi connectivity index (χ0n) is 8.08. The van der Waals surface area contributed by atoms with Crippen LogP contribution in [-0.2, 0) is 10.3 Å². The second kappa shape index (κ2) is 4.16. The summed E-state index contributed by atoms with van der Waals surface area (Å²) < 4.78 is 13.2. The molecule has 0 heterocycles. The number of hydrogen-bond acceptors (Lipinski definition) is 2. The fourth-order valence-corrected chi connectivity index (χ4v) is 1.37. The SMILES string of the molecule is CC(F)C(N)(C(=O)O)c1ccc(Cl)cc1. The Morgan fingerprint density at radius 2 is 2.00 bits per heavy atom. The zero-order valence-corrected chi connectivity index (χ0v) is 8.83. The van der Waals surface area contributed by atoms with Gasteiger partial charge in [0.05, 0.1) is 0 Å². The largest absolute Gasteiger partial charge is 0.480 e. The Bertz CT molecular complexity index is 366. The average Bonchev–Trinajstić information content (AvgIpc) is 2.17. The molecule has 3 nitrogen and oxygen atoms in total. The van der Waals surface area contributed by atoms with Crippen LogP contribution in [0.5, 0.6) is 0 Å². The molecular weight excluding hydrogens is 221 g/mol. The van der Waals surface area contributed by atoms with Gasteiger partial charge < -0.3 is 10.8 Å². The summed E-state index contributed by atoms with van der Waals surface area (Å²) in [6.07, 6.45) is -1.70. The summed E-state index contributed by atoms with van der Waals surface area (Å²) in [5.41, 5.74) is 3.70. The summed E-state index contributed by atoms with van der Waals surface area (Å²) in [5, 5.41) is 9.37. The molecule has 1 aromatic rings. The van der Waals surface area contributed by atoms with Gasteiger partial charge >= 0.3 is 5.97 Å². The van der Waals surface area contributed by atoms with Crippen molar-refractivity contribution in [2.75, 3.05) is 0 Å². The standard InChI is InChI=1S/C10H11ClFNO2/c1-6(12)10(13,9(14)15)7-2-4-8(11)5-3-7/h2-6H,13H2,1H3,(H,14,15). The van der Waals surface area contributed by atoms with Crippen molar-refractivity contribution in [3.8, 4) is 0 Å². The first-order valence-corrected chi connectivity index (χ1v) is 4.69. The predicted molar refractivity (Wildman–Crippen MR) is 55.5 cm³/mol. The van der Waals surface area contributed by atoms with Gasteiger partial charge in [0.15, 0.2) is 5.54 Å². The van der Waals surface area contributed by atoms with Crippen molar-refractivity contribution in [3.63, 3.8) is 0 Å². The molecule has 0 saturated heterocycles. The van der Waals surface area contributed by atoms with Gasteiger partial charge in [0.2, 0.25) is 0 Å². The lowest BCUT2D eigenvalue weighted by molar-refractivity contribution is -0.146. The number of nitrogens with two attached hydrogens (primary N) is 1. The molecule has 15 heavy (non-hydrogen) atoms. The molecule has 1 rings (SSSR count). The van der Waals surface area contributed by atoms with E-state index in [4.69, 9.17) is 22.4 Å². The van der Waals surface area contributed by atoms with Crippen LogP contribution < -0.4 is 5.73 Å². The normalized spacial score (nSPS) is 16.8. The van der Waals surface area contributed by atoms with E-state index in [1.165, 1.54) is 24.3 Å². The van der Waals surface area contributed by atoms with Gasteiger partial charge in [0.1, 0.15) is 6.17 Å². The Hall–Kier alpha value is -1.13. The van der Waals surface area contributed by atoms with E-state index in [2.05, 4.69) is 0 Å². The summed E-state index contributed by atoms with van der Waals surface area (Å²) in [4.78, 5) is 11.0. The van der Waals surface area contributed by atoms with E-state index in [-0.39, 0.29) is 5.56 Å². The molecule has 0 radical (unpaired) electrons. The van der Waals surface area contributed by atoms with E-state index in [1.54, 1.807) is 0 Å². The maximum atomic E-state index is 13.2. The first-order valence-electron chi connectivity index (χ1n) is 4.31. The number of carbonyl (C=O) groups is 1. The lowest BCUT2D eigenvalue weighted by Gasteiger charge is -2.26. The summed E-state index contributed by atoms with van der Waals surface area (Å²) in [7, 11) is 0. The minimum absolute atomic E-state index is 0.189. The number of halogens is 2. The van der Waals surface area contributed by atoms with E-state index in [1.807, 2.05) is 0 Å². The van der Waals surface area contributed by atoms with Gasteiger partial charge in [-0.25, -0.2) is 9.18 Å². The molecule has 0 spiro atoms. The third-order valence-corrected chi connectivity index (χ3v) is 2.56. The van der Waals surface area contributed by atoms with Crippen LogP contribution >= 0.6 is 11.6 Å². The van der Waals surface area contributed by atoms with Crippen LogP contribution in [0.25, 0.3) is 0 Å². The number of carboxylic acids is 1. The van der Waals surface area contributed by atoms with Crippen LogP contribution in [0.1, 0.15) is 12.5 Å². The Morgan fingerprint density at radius 1 is 1.53 bits per heavy atom. The molecule has 0 aliphatic rings. The molecular formula is C10H11ClFNO2. The van der Waals surface area contributed by atoms with Crippen LogP contribution in [0.4, 0.5) is 4.39 Å². The second-order valence-electron chi connectivity index (χ2n) is 3.30. The van der Waals surface area contributed by atoms with E-state index < -0.39 is 17.7 Å². The fraction of sp³-hybridized carbons (Fsp3) is 0.300. The van der Waals surface area contributed by atoms with E-state index in [0.717, 1.165) is 6.92 Å². The molecule has 0 fully saturated rings. The molecule has 1 aromatic carbocycles. The highest BCUT2D eigenvalue weighted by Crippen LogP contribution is 2.26. The molecule has 2 unspecified atom stereocenters. The van der Waals surface area contributed by atoms with Crippen LogP contribution in [0.2, 0.25) is 5.02 Å². The molecule has 0 aliphatic heterocycles. The molecule has 0 saturated carbocycles. The summed E-state index contributed by atoms with van der Waals surface area (Å²) in [6.45, 7) is 1.11. The zero-order chi connectivity index (χ0) is 11.6. The van der Waals surface area contributed by atoms with Gasteiger partial charge in [-0.1, -0.05) is 23.7 Å². The highest BCUT2D eigenvalue weighted by molar-refractivity contribution is 6.30. The van der Waals surface area contributed by atoms with Crippen molar-refractivity contribution in [1.82, 2.24) is 0 Å². The Morgan fingerprint density at radius 3 is 2.33 bits per heavy atom. The molecule has 5 heteroatoms. The predicted octanol–water partition coefficient (Wildman–Crippen LogP) is 1.94. The van der Waals surface area contributed by atoms with Gasteiger partial charge in [0, 0.05) is 5.02 Å². The molecule has 0 aliphatic carbocycles. The van der Waals surface area contributed by atoms with Crippen LogP contribution in [0.3, 0.4) is 0 Å². The van der Waals surface area contributed by atoms with Gasteiger partial charge in [-0.3, -0.25) is 0 Å². The second-order valence-corrected chi connectivity index (χ2v) is 3.73. The average molecular weight is 232 g/mol. The minimum atomic E-state index is -2.02. The molecule has 2 atom stereocenters. The summed E-state index contributed by atoms with van der Waals surface area (Å²) in [5.74, 6) is -1.40. The Balaban J connectivity index is 3.22. The van der Waals surface area contributed by atoms with E-state index in [0.29, 0.717) is 5.02 Å². The van der Waals surface area contributed by atoms with Gasteiger partial charge in [-0.2, -0.15) is 0 Å². The number of alkyl halides is 1. The van der Waals surface area contributed by atoms with Crippen molar-refractivity contribution in [1.29, 1.82) is 0 Å². The van der Waals surface area contributed by atoms with Crippen molar-refractivity contribution >= 4 is 17.6 Å². The monoisotopic (exact) mass is 231 g/mol. The van der Waals surface area contributed by atoms with E-state index in [9.17, 15) is 9.18 Å². The quantitative estimate of drug-likeness (QED) is 0.836. The smallest absolute Gasteiger partial charge is 0.331 e. The lowest BCUT2D eigenvalue weighted by atomic mass is 9.87. The highest BCUT2D eigenvalue weighted by Gasteiger charge is 2.42. The molecule has 0 bridgehead atoms. The van der Waals surface area contributed by atoms with Crippen molar-refractivity contribution in [2.45, 2.75) is 18.6 Å². The van der Waals surface area contributed by atoms with Gasteiger partial charge in [-0.05, 0) is 24.6 Å². The molecule has 82 valence electrons. The summed E-state index contributed by atoms with van der Waals surface area (Å²) >= 11 is 5.64. The summed E-state index contributed by atoms with van der Waals surface area (Å²) in [6, 6.07) is 5.77. The van der Waals surface area contributed by atoms with Crippen molar-refractivity contribution in [2.24, 2.45) is 5.73 Å². The first-order chi connectivity index (χ1) is 6.89. The number of carboxylic acid groups (broad SMARTS) is 1. The lowest BCUT2D eigenvalue weighted by Crippen LogP contribution is -2.51. The number of rotatable bonds is 3. The maximum Gasteiger partial charge on any atom is 0.331 e. The number of benzene rings is 1. The van der Waals surface area contributed by atoms with Gasteiger partial charge in [-0.15, -0.1) is 0 Å². The third-order valence-electron chi connectivity index (χ3n) is 2.30. The first kappa shape index (κ1) is 11.9. The minimum Gasteiger partial charge on any atom is -0.480 e. The molecule has 0 aromatic heterocycles. The highest BCUT2D eigenvalue weighted by atomic mass is 35.5. The molecule has 3 N–H and O–H groups in total. The number of hydrogen-bond donors (Lipinski definition) is 2. The van der Waals surface area contributed by atoms with Crippen LogP contribution in [-0.4, -0.2) is 17.2 Å². The molecule has 0 amide bonds. The van der Waals surface area contributed by atoms with E-state index >= 15 is 0 Å². The van der Waals surface area contributed by atoms with Crippen LogP contribution in [0.15, 0.2) is 24.3 Å².